The number of hydrogen-bond acceptors (Lipinski definition) is 6. The van der Waals surface area contributed by atoms with Gasteiger partial charge in [-0.25, -0.2) is 0 Å². The third-order valence-electron chi connectivity index (χ3n) is 5.53. The van der Waals surface area contributed by atoms with Crippen molar-refractivity contribution < 1.29 is 13.8 Å². The fourth-order valence-corrected chi connectivity index (χ4v) is 4.06. The van der Waals surface area contributed by atoms with Crippen molar-refractivity contribution in [1.29, 1.82) is 0 Å². The number of rotatable bonds is 4. The van der Waals surface area contributed by atoms with Gasteiger partial charge in [0.05, 0.1) is 12.1 Å². The molecule has 4 rings (SSSR count). The zero-order valence-corrected chi connectivity index (χ0v) is 14.8. The minimum Gasteiger partial charge on any atom is -0.361 e. The maximum atomic E-state index is 12.4. The second-order valence-corrected chi connectivity index (χ2v) is 7.26. The summed E-state index contributed by atoms with van der Waals surface area (Å²) in [6, 6.07) is 0.403. The highest BCUT2D eigenvalue weighted by Gasteiger charge is 2.37. The van der Waals surface area contributed by atoms with E-state index in [-0.39, 0.29) is 11.8 Å². The van der Waals surface area contributed by atoms with E-state index >= 15 is 0 Å². The Bertz CT molecular complexity index is 741. The van der Waals surface area contributed by atoms with Gasteiger partial charge >= 0.3 is 0 Å². The normalized spacial score (nSPS) is 22.1. The Balaban J connectivity index is 1.44. The first-order valence-corrected chi connectivity index (χ1v) is 9.15. The standard InChI is InChI=1S/C18H24N4O3/c1-11-15(12(2)24-20-11)9-16-19-18(21-25-16)13-8-17(23)22(10-13)14-6-4-3-5-7-14/h13-14H,3-10H2,1-2H3/t13-/m1/s1. The van der Waals surface area contributed by atoms with Gasteiger partial charge in [0.25, 0.3) is 0 Å². The molecule has 0 N–H and O–H groups in total. The molecule has 0 radical (unpaired) electrons. The lowest BCUT2D eigenvalue weighted by Crippen LogP contribution is -2.37. The Morgan fingerprint density at radius 1 is 1.12 bits per heavy atom. The first kappa shape index (κ1) is 16.3. The third kappa shape index (κ3) is 3.19. The van der Waals surface area contributed by atoms with Gasteiger partial charge in [0.2, 0.25) is 11.8 Å². The fourth-order valence-electron chi connectivity index (χ4n) is 4.06. The van der Waals surface area contributed by atoms with Crippen LogP contribution in [-0.4, -0.2) is 38.7 Å². The topological polar surface area (TPSA) is 85.3 Å². The smallest absolute Gasteiger partial charge is 0.231 e. The molecule has 0 aromatic carbocycles. The summed E-state index contributed by atoms with van der Waals surface area (Å²) in [5.41, 5.74) is 1.83. The molecule has 1 aliphatic carbocycles. The van der Waals surface area contributed by atoms with E-state index in [0.717, 1.165) is 29.9 Å². The molecular weight excluding hydrogens is 320 g/mol. The molecule has 1 atom stereocenters. The van der Waals surface area contributed by atoms with E-state index in [1.807, 2.05) is 18.7 Å². The Kier molecular flexibility index (Phi) is 4.31. The lowest BCUT2D eigenvalue weighted by molar-refractivity contribution is -0.130. The number of aryl methyl sites for hydroxylation is 2. The van der Waals surface area contributed by atoms with Gasteiger partial charge < -0.3 is 13.9 Å². The van der Waals surface area contributed by atoms with Gasteiger partial charge in [0.1, 0.15) is 5.76 Å². The summed E-state index contributed by atoms with van der Waals surface area (Å²) >= 11 is 0. The summed E-state index contributed by atoms with van der Waals surface area (Å²) in [5.74, 6) is 2.24. The first-order chi connectivity index (χ1) is 12.1. The van der Waals surface area contributed by atoms with Crippen molar-refractivity contribution in [3.63, 3.8) is 0 Å². The highest BCUT2D eigenvalue weighted by Crippen LogP contribution is 2.32. The number of likely N-dealkylation sites (tertiary alicyclic amines) is 1. The largest absolute Gasteiger partial charge is 0.361 e. The predicted octanol–water partition coefficient (Wildman–Crippen LogP) is 2.91. The van der Waals surface area contributed by atoms with Crippen molar-refractivity contribution >= 4 is 5.91 Å². The van der Waals surface area contributed by atoms with Crippen molar-refractivity contribution in [3.05, 3.63) is 28.7 Å². The molecule has 1 amide bonds. The summed E-state index contributed by atoms with van der Waals surface area (Å²) in [4.78, 5) is 19.0. The predicted molar refractivity (Wildman–Crippen MR) is 89.0 cm³/mol. The van der Waals surface area contributed by atoms with Gasteiger partial charge in [-0.1, -0.05) is 29.6 Å². The van der Waals surface area contributed by atoms with Crippen LogP contribution >= 0.6 is 0 Å². The van der Waals surface area contributed by atoms with E-state index in [2.05, 4.69) is 15.3 Å². The van der Waals surface area contributed by atoms with Crippen LogP contribution in [0.25, 0.3) is 0 Å². The van der Waals surface area contributed by atoms with Gasteiger partial charge in [-0.3, -0.25) is 4.79 Å². The average molecular weight is 344 g/mol. The second-order valence-electron chi connectivity index (χ2n) is 7.26. The number of carbonyl (C=O) groups excluding carboxylic acids is 1. The van der Waals surface area contributed by atoms with E-state index in [1.54, 1.807) is 0 Å². The van der Waals surface area contributed by atoms with Crippen molar-refractivity contribution in [2.45, 2.75) is 70.8 Å². The molecule has 0 unspecified atom stereocenters. The quantitative estimate of drug-likeness (QED) is 0.848. The summed E-state index contributed by atoms with van der Waals surface area (Å²) in [6.07, 6.45) is 7.00. The van der Waals surface area contributed by atoms with E-state index in [4.69, 9.17) is 9.05 Å². The lowest BCUT2D eigenvalue weighted by atomic mass is 9.94. The van der Waals surface area contributed by atoms with Crippen molar-refractivity contribution in [3.8, 4) is 0 Å². The molecule has 7 nitrogen and oxygen atoms in total. The van der Waals surface area contributed by atoms with Crippen LogP contribution in [0.5, 0.6) is 0 Å². The molecule has 0 spiro atoms. The van der Waals surface area contributed by atoms with Crippen LogP contribution < -0.4 is 0 Å². The molecule has 25 heavy (non-hydrogen) atoms. The maximum Gasteiger partial charge on any atom is 0.231 e. The molecule has 134 valence electrons. The molecule has 2 aromatic heterocycles. The van der Waals surface area contributed by atoms with Crippen LogP contribution in [-0.2, 0) is 11.2 Å². The zero-order chi connectivity index (χ0) is 17.4. The first-order valence-electron chi connectivity index (χ1n) is 9.15. The third-order valence-corrected chi connectivity index (χ3v) is 5.53. The van der Waals surface area contributed by atoms with Gasteiger partial charge in [-0.15, -0.1) is 0 Å². The monoisotopic (exact) mass is 344 g/mol. The SMILES string of the molecule is Cc1noc(C)c1Cc1nc([C@@H]2CC(=O)N(C3CCCCC3)C2)no1. The number of carbonyl (C=O) groups is 1. The van der Waals surface area contributed by atoms with Gasteiger partial charge in [0.15, 0.2) is 5.82 Å². The molecule has 0 bridgehead atoms. The summed E-state index contributed by atoms with van der Waals surface area (Å²) in [6.45, 7) is 4.50. The Morgan fingerprint density at radius 3 is 2.64 bits per heavy atom. The van der Waals surface area contributed by atoms with E-state index in [0.29, 0.717) is 37.1 Å². The summed E-state index contributed by atoms with van der Waals surface area (Å²) in [5, 5.41) is 8.09. The van der Waals surface area contributed by atoms with Crippen molar-refractivity contribution in [2.75, 3.05) is 6.54 Å². The van der Waals surface area contributed by atoms with Crippen LogP contribution in [0.1, 0.15) is 73.2 Å². The number of nitrogens with zero attached hydrogens (tertiary/aromatic N) is 4. The molecule has 3 heterocycles. The van der Waals surface area contributed by atoms with E-state index < -0.39 is 0 Å². The highest BCUT2D eigenvalue weighted by atomic mass is 16.5. The Hall–Kier alpha value is -2.18. The van der Waals surface area contributed by atoms with E-state index in [9.17, 15) is 4.79 Å². The van der Waals surface area contributed by atoms with Crippen LogP contribution in [0.15, 0.2) is 9.05 Å². The molecule has 2 aliphatic rings. The fraction of sp³-hybridized carbons (Fsp3) is 0.667. The highest BCUT2D eigenvalue weighted by molar-refractivity contribution is 5.79. The second kappa shape index (κ2) is 6.61. The number of hydrogen-bond donors (Lipinski definition) is 0. The molecule has 1 saturated heterocycles. The lowest BCUT2D eigenvalue weighted by Gasteiger charge is -2.31. The minimum absolute atomic E-state index is 0.0385. The Labute approximate surface area is 146 Å². The van der Waals surface area contributed by atoms with Gasteiger partial charge in [-0.05, 0) is 26.7 Å². The Morgan fingerprint density at radius 2 is 1.92 bits per heavy atom. The van der Waals surface area contributed by atoms with E-state index in [1.165, 1.54) is 19.3 Å². The molecule has 7 heteroatoms. The van der Waals surface area contributed by atoms with Crippen LogP contribution in [0.3, 0.4) is 0 Å². The van der Waals surface area contributed by atoms with Crippen LogP contribution in [0.4, 0.5) is 0 Å². The molecule has 1 aliphatic heterocycles. The number of amides is 1. The van der Waals surface area contributed by atoms with Gasteiger partial charge in [0, 0.05) is 30.5 Å². The van der Waals surface area contributed by atoms with Crippen LogP contribution in [0, 0.1) is 13.8 Å². The zero-order valence-electron chi connectivity index (χ0n) is 14.8. The molecule has 2 aromatic rings. The average Bonchev–Trinajstić information content (AvgIpc) is 3.31. The molecular formula is C18H24N4O3. The summed E-state index contributed by atoms with van der Waals surface area (Å²) in [7, 11) is 0. The van der Waals surface area contributed by atoms with Crippen molar-refractivity contribution in [2.24, 2.45) is 0 Å². The van der Waals surface area contributed by atoms with Crippen LogP contribution in [0.2, 0.25) is 0 Å². The number of aromatic nitrogens is 3. The molecule has 1 saturated carbocycles. The molecule has 2 fully saturated rings. The summed E-state index contributed by atoms with van der Waals surface area (Å²) < 4.78 is 10.6. The van der Waals surface area contributed by atoms with Crippen molar-refractivity contribution in [1.82, 2.24) is 20.2 Å². The van der Waals surface area contributed by atoms with Gasteiger partial charge in [-0.2, -0.15) is 4.98 Å². The minimum atomic E-state index is 0.0385. The maximum absolute atomic E-state index is 12.4.